The Morgan fingerprint density at radius 3 is 2.10 bits per heavy atom. The van der Waals surface area contributed by atoms with E-state index >= 15 is 0 Å². The summed E-state index contributed by atoms with van der Waals surface area (Å²) in [7, 11) is 0. The molecular weight excluding hydrogens is 360 g/mol. The highest BCUT2D eigenvalue weighted by Crippen LogP contribution is 2.60. The molecule has 1 atom stereocenters. The van der Waals surface area contributed by atoms with Gasteiger partial charge in [-0.1, -0.05) is 30.3 Å². The molecule has 1 aliphatic heterocycles. The van der Waals surface area contributed by atoms with Gasteiger partial charge in [-0.05, 0) is 67.3 Å². The zero-order valence-electron chi connectivity index (χ0n) is 17.8. The minimum Gasteiger partial charge on any atom is -0.389 e. The van der Waals surface area contributed by atoms with Crippen molar-refractivity contribution in [2.45, 2.75) is 51.2 Å². The van der Waals surface area contributed by atoms with Crippen LogP contribution in [-0.4, -0.2) is 66.9 Å². The average Bonchev–Trinajstić information content (AvgIpc) is 2.69. The Morgan fingerprint density at radius 2 is 1.48 bits per heavy atom. The van der Waals surface area contributed by atoms with Crippen molar-refractivity contribution < 1.29 is 9.84 Å². The molecule has 1 aromatic rings. The van der Waals surface area contributed by atoms with Crippen molar-refractivity contribution in [1.29, 1.82) is 0 Å². The SMILES string of the molecule is O[C@H](COCC12CC3CC(CC(C3)C1)C2)CN1CCN(Cc2ccccc2)CC1. The Balaban J connectivity index is 1.01. The van der Waals surface area contributed by atoms with Crippen LogP contribution < -0.4 is 0 Å². The van der Waals surface area contributed by atoms with E-state index in [1.807, 2.05) is 0 Å². The van der Waals surface area contributed by atoms with Gasteiger partial charge in [0, 0.05) is 39.3 Å². The maximum atomic E-state index is 10.5. The molecule has 1 N–H and O–H groups in total. The number of piperazine rings is 1. The Morgan fingerprint density at radius 1 is 0.897 bits per heavy atom. The molecule has 6 rings (SSSR count). The Hall–Kier alpha value is -0.940. The van der Waals surface area contributed by atoms with Crippen LogP contribution in [0, 0.1) is 23.2 Å². The Kier molecular flexibility index (Phi) is 5.97. The summed E-state index contributed by atoms with van der Waals surface area (Å²) < 4.78 is 6.13. The van der Waals surface area contributed by atoms with Crippen LogP contribution >= 0.6 is 0 Å². The van der Waals surface area contributed by atoms with Gasteiger partial charge in [-0.25, -0.2) is 0 Å². The third kappa shape index (κ3) is 4.87. The van der Waals surface area contributed by atoms with E-state index < -0.39 is 0 Å². The monoisotopic (exact) mass is 398 g/mol. The fraction of sp³-hybridized carbons (Fsp3) is 0.760. The molecule has 160 valence electrons. The molecule has 5 aliphatic rings. The highest BCUT2D eigenvalue weighted by atomic mass is 16.5. The lowest BCUT2D eigenvalue weighted by atomic mass is 9.50. The minimum atomic E-state index is -0.357. The third-order valence-corrected chi connectivity index (χ3v) is 8.07. The predicted molar refractivity (Wildman–Crippen MR) is 116 cm³/mol. The van der Waals surface area contributed by atoms with E-state index in [9.17, 15) is 5.11 Å². The van der Waals surface area contributed by atoms with Crippen LogP contribution in [0.2, 0.25) is 0 Å². The molecule has 29 heavy (non-hydrogen) atoms. The summed E-state index contributed by atoms with van der Waals surface area (Å²) in [4.78, 5) is 4.92. The average molecular weight is 399 g/mol. The summed E-state index contributed by atoms with van der Waals surface area (Å²) in [6.07, 6.45) is 8.26. The highest BCUT2D eigenvalue weighted by Gasteiger charge is 2.50. The van der Waals surface area contributed by atoms with Crippen molar-refractivity contribution in [3.63, 3.8) is 0 Å². The topological polar surface area (TPSA) is 35.9 Å². The van der Waals surface area contributed by atoms with Gasteiger partial charge in [0.25, 0.3) is 0 Å². The summed E-state index contributed by atoms with van der Waals surface area (Å²) in [6.45, 7) is 7.42. The quantitative estimate of drug-likeness (QED) is 0.728. The first-order valence-corrected chi connectivity index (χ1v) is 11.9. The number of nitrogens with zero attached hydrogens (tertiary/aromatic N) is 2. The van der Waals surface area contributed by atoms with E-state index in [2.05, 4.69) is 40.1 Å². The molecule has 1 saturated heterocycles. The van der Waals surface area contributed by atoms with Crippen LogP contribution in [0.4, 0.5) is 0 Å². The van der Waals surface area contributed by atoms with Gasteiger partial charge in [0.15, 0.2) is 0 Å². The molecule has 5 fully saturated rings. The van der Waals surface area contributed by atoms with Crippen LogP contribution in [0.5, 0.6) is 0 Å². The molecule has 4 heteroatoms. The Bertz CT molecular complexity index is 621. The lowest BCUT2D eigenvalue weighted by Crippen LogP contribution is -2.49. The molecule has 0 radical (unpaired) electrons. The van der Waals surface area contributed by atoms with E-state index in [-0.39, 0.29) is 6.10 Å². The van der Waals surface area contributed by atoms with E-state index in [0.717, 1.165) is 63.6 Å². The van der Waals surface area contributed by atoms with Gasteiger partial charge in [-0.2, -0.15) is 0 Å². The fourth-order valence-corrected chi connectivity index (χ4v) is 7.20. The summed E-state index contributed by atoms with van der Waals surface area (Å²) in [5, 5.41) is 10.5. The highest BCUT2D eigenvalue weighted by molar-refractivity contribution is 5.14. The molecule has 4 nitrogen and oxygen atoms in total. The van der Waals surface area contributed by atoms with Crippen LogP contribution in [0.3, 0.4) is 0 Å². The van der Waals surface area contributed by atoms with Gasteiger partial charge < -0.3 is 9.84 Å². The molecule has 0 unspecified atom stereocenters. The largest absolute Gasteiger partial charge is 0.389 e. The van der Waals surface area contributed by atoms with Crippen molar-refractivity contribution in [3.8, 4) is 0 Å². The number of benzene rings is 1. The van der Waals surface area contributed by atoms with Gasteiger partial charge in [0.05, 0.1) is 19.3 Å². The normalized spacial score (nSPS) is 35.8. The molecule has 1 heterocycles. The zero-order valence-corrected chi connectivity index (χ0v) is 17.8. The van der Waals surface area contributed by atoms with Crippen molar-refractivity contribution in [1.82, 2.24) is 9.80 Å². The van der Waals surface area contributed by atoms with Crippen LogP contribution in [0.15, 0.2) is 30.3 Å². The maximum absolute atomic E-state index is 10.5. The van der Waals surface area contributed by atoms with Gasteiger partial charge in [-0.15, -0.1) is 0 Å². The van der Waals surface area contributed by atoms with Gasteiger partial charge >= 0.3 is 0 Å². The van der Waals surface area contributed by atoms with E-state index in [1.165, 1.54) is 44.1 Å². The van der Waals surface area contributed by atoms with E-state index in [4.69, 9.17) is 4.74 Å². The van der Waals surface area contributed by atoms with Gasteiger partial charge in [0.2, 0.25) is 0 Å². The second-order valence-corrected chi connectivity index (χ2v) is 10.6. The molecule has 1 aromatic carbocycles. The fourth-order valence-electron chi connectivity index (χ4n) is 7.20. The van der Waals surface area contributed by atoms with Crippen molar-refractivity contribution in [2.24, 2.45) is 23.2 Å². The number of rotatable bonds is 8. The van der Waals surface area contributed by atoms with Crippen LogP contribution in [0.1, 0.15) is 44.1 Å². The molecule has 0 aromatic heterocycles. The number of aliphatic hydroxyl groups excluding tert-OH is 1. The smallest absolute Gasteiger partial charge is 0.0900 e. The number of hydrogen-bond donors (Lipinski definition) is 1. The molecule has 4 bridgehead atoms. The summed E-state index contributed by atoms with van der Waals surface area (Å²) in [5.74, 6) is 2.92. The van der Waals surface area contributed by atoms with Gasteiger partial charge in [-0.3, -0.25) is 9.80 Å². The molecule has 0 amide bonds. The number of aliphatic hydroxyl groups is 1. The first-order chi connectivity index (χ1) is 14.2. The summed E-state index contributed by atoms with van der Waals surface area (Å²) >= 11 is 0. The van der Waals surface area contributed by atoms with Crippen LogP contribution in [0.25, 0.3) is 0 Å². The van der Waals surface area contributed by atoms with Crippen molar-refractivity contribution in [3.05, 3.63) is 35.9 Å². The second-order valence-electron chi connectivity index (χ2n) is 10.6. The number of ether oxygens (including phenoxy) is 1. The number of hydrogen-bond acceptors (Lipinski definition) is 4. The lowest BCUT2D eigenvalue weighted by Gasteiger charge is -2.56. The van der Waals surface area contributed by atoms with Crippen LogP contribution in [-0.2, 0) is 11.3 Å². The molecule has 0 spiro atoms. The maximum Gasteiger partial charge on any atom is 0.0900 e. The predicted octanol–water partition coefficient (Wildman–Crippen LogP) is 3.40. The second kappa shape index (κ2) is 8.66. The summed E-state index contributed by atoms with van der Waals surface area (Å²) in [5.41, 5.74) is 1.84. The molecular formula is C25H38N2O2. The summed E-state index contributed by atoms with van der Waals surface area (Å²) in [6, 6.07) is 10.7. The molecule has 4 aliphatic carbocycles. The zero-order chi connectivity index (χ0) is 19.7. The Labute approximate surface area is 176 Å². The standard InChI is InChI=1S/C25H38N2O2/c28-24(17-27-8-6-26(7-9-27)16-20-4-2-1-3-5-20)18-29-19-25-13-21-10-22(14-25)12-23(11-21)15-25/h1-5,21-24,28H,6-19H2/t21?,22?,23?,24-,25?/m0/s1. The first-order valence-electron chi connectivity index (χ1n) is 11.9. The minimum absolute atomic E-state index is 0.357. The first kappa shape index (κ1) is 20.0. The molecule has 4 saturated carbocycles. The van der Waals surface area contributed by atoms with Gasteiger partial charge in [0.1, 0.15) is 0 Å². The van der Waals surface area contributed by atoms with E-state index in [0.29, 0.717) is 12.0 Å². The number of β-amino-alcohol motifs (C(OH)–C–C–N with tert-alkyl or cyclic N) is 1. The van der Waals surface area contributed by atoms with Crippen molar-refractivity contribution in [2.75, 3.05) is 45.9 Å². The van der Waals surface area contributed by atoms with Crippen molar-refractivity contribution >= 4 is 0 Å². The lowest BCUT2D eigenvalue weighted by molar-refractivity contribution is -0.107. The van der Waals surface area contributed by atoms with E-state index in [1.54, 1.807) is 0 Å². The third-order valence-electron chi connectivity index (χ3n) is 8.07.